The molecular formula is C13H20N3O4+. The summed E-state index contributed by atoms with van der Waals surface area (Å²) in [6, 6.07) is 5.13. The molecule has 0 aromatic heterocycles. The maximum Gasteiger partial charge on any atom is 0.279 e. The Hall–Kier alpha value is -2.28. The van der Waals surface area contributed by atoms with Crippen molar-refractivity contribution < 1.29 is 24.4 Å². The lowest BCUT2D eigenvalue weighted by Gasteiger charge is -2.11. The molecule has 7 heteroatoms. The topological polar surface area (TPSA) is 93.3 Å². The highest BCUT2D eigenvalue weighted by atomic mass is 16.5. The SMILES string of the molecule is CNC(=O)C[NH2+]CC(=O)Nc1cc(OC)ccc1OC. The minimum atomic E-state index is -0.222. The number of quaternary nitrogens is 1. The molecule has 110 valence electrons. The summed E-state index contributed by atoms with van der Waals surface area (Å²) in [7, 11) is 4.62. The summed E-state index contributed by atoms with van der Waals surface area (Å²) in [6.07, 6.45) is 0. The van der Waals surface area contributed by atoms with Gasteiger partial charge in [-0.05, 0) is 12.1 Å². The van der Waals surface area contributed by atoms with E-state index in [9.17, 15) is 9.59 Å². The van der Waals surface area contributed by atoms with Crippen molar-refractivity contribution in [3.8, 4) is 11.5 Å². The van der Waals surface area contributed by atoms with Gasteiger partial charge in [0.25, 0.3) is 11.8 Å². The van der Waals surface area contributed by atoms with E-state index >= 15 is 0 Å². The number of likely N-dealkylation sites (N-methyl/N-ethyl adjacent to an activating group) is 1. The van der Waals surface area contributed by atoms with Gasteiger partial charge in [-0.15, -0.1) is 0 Å². The molecule has 0 heterocycles. The van der Waals surface area contributed by atoms with Gasteiger partial charge in [0, 0.05) is 13.1 Å². The van der Waals surface area contributed by atoms with Crippen LogP contribution in [0.5, 0.6) is 11.5 Å². The molecule has 1 aromatic carbocycles. The summed E-state index contributed by atoms with van der Waals surface area (Å²) in [5, 5.41) is 6.82. The Morgan fingerprint density at radius 2 is 1.85 bits per heavy atom. The fourth-order valence-electron chi connectivity index (χ4n) is 1.55. The standard InChI is InChI=1S/C13H19N3O4/c1-14-12(17)7-15-8-13(18)16-10-6-9(19-2)4-5-11(10)20-3/h4-6,15H,7-8H2,1-3H3,(H,14,17)(H,16,18)/p+1. The number of amides is 2. The second kappa shape index (κ2) is 8.00. The minimum absolute atomic E-state index is 0.128. The van der Waals surface area contributed by atoms with Crippen molar-refractivity contribution in [2.75, 3.05) is 39.7 Å². The van der Waals surface area contributed by atoms with Crippen LogP contribution in [0, 0.1) is 0 Å². The van der Waals surface area contributed by atoms with Crippen molar-refractivity contribution in [3.63, 3.8) is 0 Å². The van der Waals surface area contributed by atoms with E-state index in [0.29, 0.717) is 17.2 Å². The Balaban J connectivity index is 2.58. The van der Waals surface area contributed by atoms with Gasteiger partial charge in [-0.2, -0.15) is 0 Å². The minimum Gasteiger partial charge on any atom is -0.497 e. The first kappa shape index (κ1) is 15.8. The van der Waals surface area contributed by atoms with Gasteiger partial charge in [-0.3, -0.25) is 9.59 Å². The third-order valence-corrected chi connectivity index (χ3v) is 2.62. The molecule has 0 aliphatic rings. The number of hydrogen-bond acceptors (Lipinski definition) is 4. The first-order chi connectivity index (χ1) is 9.60. The van der Waals surface area contributed by atoms with Crippen molar-refractivity contribution in [1.82, 2.24) is 5.32 Å². The van der Waals surface area contributed by atoms with E-state index in [1.807, 2.05) is 0 Å². The van der Waals surface area contributed by atoms with E-state index in [4.69, 9.17) is 9.47 Å². The van der Waals surface area contributed by atoms with Crippen molar-refractivity contribution in [2.24, 2.45) is 0 Å². The highest BCUT2D eigenvalue weighted by Gasteiger charge is 2.11. The Bertz CT molecular complexity index is 477. The summed E-state index contributed by atoms with van der Waals surface area (Å²) in [6.45, 7) is 0.354. The number of nitrogens with one attached hydrogen (secondary N) is 2. The molecule has 0 bridgehead atoms. The van der Waals surface area contributed by atoms with E-state index in [1.54, 1.807) is 37.7 Å². The van der Waals surface area contributed by atoms with Crippen molar-refractivity contribution >= 4 is 17.5 Å². The second-order valence-corrected chi connectivity index (χ2v) is 3.98. The van der Waals surface area contributed by atoms with Gasteiger partial charge >= 0.3 is 0 Å². The third-order valence-electron chi connectivity index (χ3n) is 2.62. The van der Waals surface area contributed by atoms with E-state index in [-0.39, 0.29) is 24.9 Å². The average molecular weight is 282 g/mol. The number of carbonyl (C=O) groups excluding carboxylic acids is 2. The number of nitrogens with two attached hydrogens (primary N) is 1. The number of methoxy groups -OCH3 is 2. The van der Waals surface area contributed by atoms with Gasteiger partial charge in [0.05, 0.1) is 19.9 Å². The number of ether oxygens (including phenoxy) is 2. The zero-order valence-corrected chi connectivity index (χ0v) is 11.9. The van der Waals surface area contributed by atoms with Crippen LogP contribution in [0.15, 0.2) is 18.2 Å². The lowest BCUT2D eigenvalue weighted by molar-refractivity contribution is -0.632. The highest BCUT2D eigenvalue weighted by molar-refractivity contribution is 5.93. The normalized spacial score (nSPS) is 9.75. The van der Waals surface area contributed by atoms with Crippen molar-refractivity contribution in [2.45, 2.75) is 0 Å². The molecule has 0 fully saturated rings. The molecule has 0 saturated heterocycles. The summed E-state index contributed by atoms with van der Waals surface area (Å²) in [5.41, 5.74) is 0.533. The lowest BCUT2D eigenvalue weighted by atomic mass is 10.2. The largest absolute Gasteiger partial charge is 0.497 e. The molecule has 4 N–H and O–H groups in total. The summed E-state index contributed by atoms with van der Waals surface area (Å²) < 4.78 is 10.3. The molecule has 1 rings (SSSR count). The summed E-state index contributed by atoms with van der Waals surface area (Å²) >= 11 is 0. The fourth-order valence-corrected chi connectivity index (χ4v) is 1.55. The molecule has 0 saturated carbocycles. The zero-order chi connectivity index (χ0) is 15.0. The molecule has 0 radical (unpaired) electrons. The quantitative estimate of drug-likeness (QED) is 0.595. The number of rotatable bonds is 7. The maximum atomic E-state index is 11.8. The third kappa shape index (κ3) is 4.77. The lowest BCUT2D eigenvalue weighted by Crippen LogP contribution is -2.88. The average Bonchev–Trinajstić information content (AvgIpc) is 2.46. The maximum absolute atomic E-state index is 11.8. The summed E-state index contributed by atoms with van der Waals surface area (Å²) in [4.78, 5) is 22.8. The predicted octanol–water partition coefficient (Wildman–Crippen LogP) is -1.05. The Kier molecular flexibility index (Phi) is 6.31. The number of hydrogen-bond donors (Lipinski definition) is 3. The molecule has 0 aliphatic heterocycles. The second-order valence-electron chi connectivity index (χ2n) is 3.98. The smallest absolute Gasteiger partial charge is 0.279 e. The van der Waals surface area contributed by atoms with Crippen LogP contribution in [0.4, 0.5) is 5.69 Å². The Morgan fingerprint density at radius 3 is 2.45 bits per heavy atom. The fraction of sp³-hybridized carbons (Fsp3) is 0.385. The first-order valence-corrected chi connectivity index (χ1v) is 6.14. The van der Waals surface area contributed by atoms with Crippen LogP contribution in [-0.2, 0) is 9.59 Å². The van der Waals surface area contributed by atoms with Crippen LogP contribution >= 0.6 is 0 Å². The monoisotopic (exact) mass is 282 g/mol. The molecule has 2 amide bonds. The molecule has 0 spiro atoms. The van der Waals surface area contributed by atoms with Crippen LogP contribution < -0.4 is 25.4 Å². The first-order valence-electron chi connectivity index (χ1n) is 6.14. The van der Waals surface area contributed by atoms with E-state index in [1.165, 1.54) is 7.11 Å². The highest BCUT2D eigenvalue weighted by Crippen LogP contribution is 2.28. The molecule has 0 unspecified atom stereocenters. The van der Waals surface area contributed by atoms with Gasteiger partial charge < -0.3 is 25.4 Å². The van der Waals surface area contributed by atoms with Crippen LogP contribution in [-0.4, -0.2) is 46.2 Å². The zero-order valence-electron chi connectivity index (χ0n) is 11.9. The van der Waals surface area contributed by atoms with Crippen LogP contribution in [0.25, 0.3) is 0 Å². The summed E-state index contributed by atoms with van der Waals surface area (Å²) in [5.74, 6) is 0.818. The van der Waals surface area contributed by atoms with Gasteiger partial charge in [-0.25, -0.2) is 0 Å². The molecule has 7 nitrogen and oxygen atoms in total. The van der Waals surface area contributed by atoms with Crippen LogP contribution in [0.2, 0.25) is 0 Å². The Morgan fingerprint density at radius 1 is 1.15 bits per heavy atom. The van der Waals surface area contributed by atoms with Gasteiger partial charge in [0.2, 0.25) is 0 Å². The number of benzene rings is 1. The predicted molar refractivity (Wildman–Crippen MR) is 73.9 cm³/mol. The Labute approximate surface area is 117 Å². The van der Waals surface area contributed by atoms with Crippen molar-refractivity contribution in [1.29, 1.82) is 0 Å². The van der Waals surface area contributed by atoms with Gasteiger partial charge in [0.15, 0.2) is 13.1 Å². The number of anilines is 1. The molecule has 20 heavy (non-hydrogen) atoms. The molecule has 0 atom stereocenters. The van der Waals surface area contributed by atoms with Crippen molar-refractivity contribution in [3.05, 3.63) is 18.2 Å². The van der Waals surface area contributed by atoms with E-state index in [0.717, 1.165) is 0 Å². The van der Waals surface area contributed by atoms with Gasteiger partial charge in [0.1, 0.15) is 11.5 Å². The van der Waals surface area contributed by atoms with E-state index < -0.39 is 0 Å². The van der Waals surface area contributed by atoms with Crippen LogP contribution in [0.1, 0.15) is 0 Å². The van der Waals surface area contributed by atoms with Crippen LogP contribution in [0.3, 0.4) is 0 Å². The molecular weight excluding hydrogens is 262 g/mol. The van der Waals surface area contributed by atoms with Gasteiger partial charge in [-0.1, -0.05) is 0 Å². The number of carbonyl (C=O) groups is 2. The molecule has 0 aliphatic carbocycles. The molecule has 1 aromatic rings. The van der Waals surface area contributed by atoms with E-state index in [2.05, 4.69) is 10.6 Å².